The fraction of sp³-hybridized carbons (Fsp3) is 0.273. The zero-order chi connectivity index (χ0) is 29.2. The van der Waals surface area contributed by atoms with Crippen molar-refractivity contribution in [3.63, 3.8) is 0 Å². The topological polar surface area (TPSA) is 88.4 Å². The molecular weight excluding hydrogens is 552 g/mol. The molecule has 6 bridgehead atoms. The second-order valence-electron chi connectivity index (χ2n) is 10.4. The number of aryl methyl sites for hydroxylation is 3. The van der Waals surface area contributed by atoms with Gasteiger partial charge in [0.25, 0.3) is 0 Å². The Morgan fingerprint density at radius 2 is 1.86 bits per heavy atom. The van der Waals surface area contributed by atoms with E-state index in [1.807, 2.05) is 41.9 Å². The first kappa shape index (κ1) is 27.7. The molecule has 0 unspecified atom stereocenters. The minimum absolute atomic E-state index is 0.328. The smallest absolute Gasteiger partial charge is 0.338 e. The number of carbonyl (C=O) groups excluding carboxylic acids is 1. The van der Waals surface area contributed by atoms with E-state index in [1.54, 1.807) is 19.2 Å². The zero-order valence-electron chi connectivity index (χ0n) is 23.8. The molecule has 0 saturated heterocycles. The van der Waals surface area contributed by atoms with Gasteiger partial charge >= 0.3 is 5.97 Å². The third-order valence-electron chi connectivity index (χ3n) is 7.71. The largest absolute Gasteiger partial charge is 0.494 e. The Labute approximate surface area is 249 Å². The van der Waals surface area contributed by atoms with Crippen LogP contribution in [0.15, 0.2) is 60.7 Å². The number of pyridine rings is 2. The van der Waals surface area contributed by atoms with Crippen LogP contribution in [0.3, 0.4) is 0 Å². The summed E-state index contributed by atoms with van der Waals surface area (Å²) in [6.45, 7) is 0.328. The molecule has 8 nitrogen and oxygen atoms in total. The average molecular weight is 583 g/mol. The Kier molecular flexibility index (Phi) is 7.80. The number of esters is 1. The van der Waals surface area contributed by atoms with Crippen LogP contribution in [0.2, 0.25) is 5.02 Å². The van der Waals surface area contributed by atoms with E-state index in [0.717, 1.165) is 59.7 Å². The van der Waals surface area contributed by atoms with Gasteiger partial charge in [-0.2, -0.15) is 0 Å². The highest BCUT2D eigenvalue weighted by Gasteiger charge is 2.19. The molecule has 4 heterocycles. The van der Waals surface area contributed by atoms with E-state index in [1.165, 1.54) is 18.2 Å². The van der Waals surface area contributed by atoms with Crippen LogP contribution in [0.5, 0.6) is 11.6 Å². The summed E-state index contributed by atoms with van der Waals surface area (Å²) in [7, 11) is 4.91. The summed E-state index contributed by atoms with van der Waals surface area (Å²) in [5.41, 5.74) is 7.95. The molecule has 0 radical (unpaired) electrons. The number of carbonyl (C=O) groups is 1. The van der Waals surface area contributed by atoms with Crippen molar-refractivity contribution in [3.8, 4) is 22.9 Å². The average Bonchev–Trinajstić information content (AvgIpc) is 3.33. The van der Waals surface area contributed by atoms with E-state index in [2.05, 4.69) is 18.2 Å². The van der Waals surface area contributed by atoms with E-state index in [0.29, 0.717) is 40.8 Å². The van der Waals surface area contributed by atoms with Gasteiger partial charge in [-0.05, 0) is 73.2 Å². The van der Waals surface area contributed by atoms with E-state index >= 15 is 0 Å². The molecule has 0 aliphatic carbocycles. The summed E-state index contributed by atoms with van der Waals surface area (Å²) in [5, 5.41) is 0.679. The molecule has 1 aliphatic rings. The molecule has 2 aromatic carbocycles. The quantitative estimate of drug-likeness (QED) is 0.223. The molecule has 3 aromatic heterocycles. The lowest BCUT2D eigenvalue weighted by atomic mass is 9.95. The molecule has 0 saturated carbocycles. The molecule has 0 atom stereocenters. The van der Waals surface area contributed by atoms with Crippen molar-refractivity contribution in [2.24, 2.45) is 7.05 Å². The molecule has 0 amide bonds. The van der Waals surface area contributed by atoms with Crippen molar-refractivity contribution in [1.82, 2.24) is 19.5 Å². The summed E-state index contributed by atoms with van der Waals surface area (Å²) in [6, 6.07) is 19.6. The van der Waals surface area contributed by atoms with Gasteiger partial charge in [0.05, 0.1) is 47.4 Å². The molecule has 0 fully saturated rings. The van der Waals surface area contributed by atoms with Crippen LogP contribution in [0.1, 0.15) is 51.5 Å². The molecule has 0 spiro atoms. The van der Waals surface area contributed by atoms with Crippen molar-refractivity contribution in [3.05, 3.63) is 99.6 Å². The standard InChI is InChI=1S/C33H31ClN4O4/c1-38-28-16-23(33(39)41-3)17-29(40-2)32(28)37-30(38)18-21-11-12-22-15-20(21)7-4-5-8-27-25(34)14-13-24(35-27)19-42-31-10-6-9-26(22)36-31/h6,9-17H,4-5,7-8,18-19H2,1-3H3. The van der Waals surface area contributed by atoms with Gasteiger partial charge in [0.1, 0.15) is 23.7 Å². The maximum Gasteiger partial charge on any atom is 0.338 e. The van der Waals surface area contributed by atoms with Gasteiger partial charge in [-0.25, -0.2) is 14.8 Å². The van der Waals surface area contributed by atoms with Gasteiger partial charge in [0.15, 0.2) is 0 Å². The Morgan fingerprint density at radius 3 is 2.69 bits per heavy atom. The molecule has 9 heteroatoms. The second-order valence-corrected chi connectivity index (χ2v) is 10.8. The van der Waals surface area contributed by atoms with Crippen LogP contribution in [0, 0.1) is 0 Å². The fourth-order valence-electron chi connectivity index (χ4n) is 5.41. The molecule has 42 heavy (non-hydrogen) atoms. The third-order valence-corrected chi connectivity index (χ3v) is 8.06. The van der Waals surface area contributed by atoms with E-state index in [9.17, 15) is 4.79 Å². The molecule has 214 valence electrons. The summed E-state index contributed by atoms with van der Waals surface area (Å²) >= 11 is 6.48. The number of ether oxygens (including phenoxy) is 3. The van der Waals surface area contributed by atoms with E-state index in [4.69, 9.17) is 40.8 Å². The second kappa shape index (κ2) is 11.8. The van der Waals surface area contributed by atoms with Gasteiger partial charge in [-0.1, -0.05) is 29.8 Å². The van der Waals surface area contributed by atoms with Gasteiger partial charge < -0.3 is 18.8 Å². The highest BCUT2D eigenvalue weighted by molar-refractivity contribution is 6.31. The normalized spacial score (nSPS) is 13.1. The van der Waals surface area contributed by atoms with Crippen molar-refractivity contribution in [2.75, 3.05) is 14.2 Å². The zero-order valence-corrected chi connectivity index (χ0v) is 24.6. The number of fused-ring (bicyclic) bond motifs is 8. The number of halogens is 1. The van der Waals surface area contributed by atoms with Crippen LogP contribution in [0.4, 0.5) is 0 Å². The number of nitrogens with zero attached hydrogens (tertiary/aromatic N) is 4. The van der Waals surface area contributed by atoms with Crippen LogP contribution < -0.4 is 9.47 Å². The number of hydrogen-bond acceptors (Lipinski definition) is 7. The van der Waals surface area contributed by atoms with Crippen LogP contribution in [-0.4, -0.2) is 39.7 Å². The Balaban J connectivity index is 1.37. The number of hydrogen-bond donors (Lipinski definition) is 0. The highest BCUT2D eigenvalue weighted by atomic mass is 35.5. The van der Waals surface area contributed by atoms with Gasteiger partial charge in [-0.15, -0.1) is 0 Å². The summed E-state index contributed by atoms with van der Waals surface area (Å²) < 4.78 is 18.5. The third kappa shape index (κ3) is 5.54. The van der Waals surface area contributed by atoms with Crippen molar-refractivity contribution < 1.29 is 19.0 Å². The van der Waals surface area contributed by atoms with Crippen LogP contribution in [-0.2, 0) is 37.7 Å². The fourth-order valence-corrected chi connectivity index (χ4v) is 5.61. The Bertz CT molecular complexity index is 1800. The first-order valence-electron chi connectivity index (χ1n) is 13.9. The lowest BCUT2D eigenvalue weighted by Gasteiger charge is -2.13. The first-order chi connectivity index (χ1) is 20.4. The van der Waals surface area contributed by atoms with Crippen molar-refractivity contribution in [2.45, 2.75) is 38.7 Å². The molecule has 5 aromatic rings. The highest BCUT2D eigenvalue weighted by Crippen LogP contribution is 2.31. The van der Waals surface area contributed by atoms with Crippen molar-refractivity contribution >= 4 is 28.6 Å². The predicted octanol–water partition coefficient (Wildman–Crippen LogP) is 6.53. The number of imidazole rings is 1. The van der Waals surface area contributed by atoms with Gasteiger partial charge in [0.2, 0.25) is 5.88 Å². The molecule has 6 rings (SSSR count). The Morgan fingerprint density at radius 1 is 1.00 bits per heavy atom. The maximum absolute atomic E-state index is 12.3. The van der Waals surface area contributed by atoms with Crippen LogP contribution >= 0.6 is 11.6 Å². The molecular formula is C33H31ClN4O4. The van der Waals surface area contributed by atoms with E-state index < -0.39 is 5.97 Å². The summed E-state index contributed by atoms with van der Waals surface area (Å²) in [5.74, 6) is 1.53. The molecule has 1 aliphatic heterocycles. The SMILES string of the molecule is COC(=O)c1cc(OC)c2nc(Cc3ccc4cc3CCCCc3nc(ccc3Cl)COc3cccc-4n3)n(C)c2c1. The number of rotatable bonds is 4. The molecule has 0 N–H and O–H groups in total. The number of benzene rings is 2. The lowest BCUT2D eigenvalue weighted by Crippen LogP contribution is -2.04. The minimum Gasteiger partial charge on any atom is -0.494 e. The number of methoxy groups -OCH3 is 2. The summed E-state index contributed by atoms with van der Waals surface area (Å²) in [4.78, 5) is 26.7. The van der Waals surface area contributed by atoms with Gasteiger partial charge in [-0.3, -0.25) is 4.98 Å². The van der Waals surface area contributed by atoms with E-state index in [-0.39, 0.29) is 0 Å². The van der Waals surface area contributed by atoms with Gasteiger partial charge in [0, 0.05) is 25.1 Å². The lowest BCUT2D eigenvalue weighted by molar-refractivity contribution is 0.0600. The predicted molar refractivity (Wildman–Crippen MR) is 161 cm³/mol. The van der Waals surface area contributed by atoms with Crippen molar-refractivity contribution in [1.29, 1.82) is 0 Å². The minimum atomic E-state index is -0.419. The van der Waals surface area contributed by atoms with Crippen LogP contribution in [0.25, 0.3) is 22.3 Å². The first-order valence-corrected chi connectivity index (χ1v) is 14.3. The maximum atomic E-state index is 12.3. The summed E-state index contributed by atoms with van der Waals surface area (Å²) in [6.07, 6.45) is 4.22. The Hall–Kier alpha value is -4.43. The monoisotopic (exact) mass is 582 g/mol. The number of aromatic nitrogens is 4.